The van der Waals surface area contributed by atoms with Crippen LogP contribution in [0.2, 0.25) is 0 Å². The van der Waals surface area contributed by atoms with Gasteiger partial charge in [-0.3, -0.25) is 14.4 Å². The molecule has 0 aliphatic heterocycles. The highest BCUT2D eigenvalue weighted by atomic mass is 16.6. The van der Waals surface area contributed by atoms with Crippen molar-refractivity contribution < 1.29 is 28.6 Å². The Kier molecular flexibility index (Phi) is 65.8. The molecule has 0 aromatic heterocycles. The summed E-state index contributed by atoms with van der Waals surface area (Å²) < 4.78 is 16.9. The molecule has 83 heavy (non-hydrogen) atoms. The first-order valence-corrected chi connectivity index (χ1v) is 34.3. The van der Waals surface area contributed by atoms with Crippen molar-refractivity contribution in [3.05, 3.63) is 146 Å². The van der Waals surface area contributed by atoms with Crippen LogP contribution < -0.4 is 0 Å². The highest BCUT2D eigenvalue weighted by Gasteiger charge is 2.19. The van der Waals surface area contributed by atoms with Gasteiger partial charge in [0.1, 0.15) is 13.2 Å². The molecular weight excluding hydrogens is 1020 g/mol. The quantitative estimate of drug-likeness (QED) is 0.0261. The maximum Gasteiger partial charge on any atom is 0.306 e. The third kappa shape index (κ3) is 68.0. The Labute approximate surface area is 512 Å². The Morgan fingerprint density at radius 1 is 0.253 bits per heavy atom. The number of ether oxygens (including phenoxy) is 3. The van der Waals surface area contributed by atoms with Crippen molar-refractivity contribution in [2.24, 2.45) is 0 Å². The summed E-state index contributed by atoms with van der Waals surface area (Å²) in [6.45, 7) is 6.37. The first-order valence-electron chi connectivity index (χ1n) is 34.3. The molecule has 0 bridgehead atoms. The zero-order valence-electron chi connectivity index (χ0n) is 53.9. The molecule has 0 amide bonds. The van der Waals surface area contributed by atoms with Crippen molar-refractivity contribution in [3.8, 4) is 0 Å². The minimum Gasteiger partial charge on any atom is -0.462 e. The summed E-state index contributed by atoms with van der Waals surface area (Å²) in [6.07, 6.45) is 100. The molecule has 0 aliphatic carbocycles. The second kappa shape index (κ2) is 69.8. The van der Waals surface area contributed by atoms with Gasteiger partial charge in [-0.25, -0.2) is 0 Å². The number of carbonyl (C=O) groups is 3. The van der Waals surface area contributed by atoms with Gasteiger partial charge in [-0.2, -0.15) is 0 Å². The summed E-state index contributed by atoms with van der Waals surface area (Å²) in [4.78, 5) is 38.5. The van der Waals surface area contributed by atoms with E-state index in [0.717, 1.165) is 148 Å². The maximum atomic E-state index is 12.9. The van der Waals surface area contributed by atoms with Gasteiger partial charge in [0.25, 0.3) is 0 Å². The van der Waals surface area contributed by atoms with Crippen LogP contribution in [-0.2, 0) is 28.6 Å². The number of hydrogen-bond acceptors (Lipinski definition) is 6. The zero-order chi connectivity index (χ0) is 59.9. The standard InChI is InChI=1S/C77H126O6/c1-4-7-10-13-16-19-22-25-28-31-34-35-36-37-38-39-40-41-44-46-49-52-55-58-61-64-67-70-76(79)82-73-74(83-77(80)71-68-65-62-59-56-53-50-47-43-33-30-27-24-21-18-15-12-9-6-3)72-81-75(78)69-66-63-60-57-54-51-48-45-42-32-29-26-23-20-17-14-11-8-5-2/h7,9-10,12,16-21,25-30,34-35,42-43,45,47,53,56,74H,4-6,8,11,13-15,22-24,31-33,36-41,44,46,48-52,54-55,57-73H2,1-3H3/b10-7-,12-9-,19-16-,20-17-,21-18-,28-25-,29-26-,30-27-,35-34-,45-42-,47-43-,56-53-. The summed E-state index contributed by atoms with van der Waals surface area (Å²) in [5, 5.41) is 0. The number of allylic oxidation sites excluding steroid dienone is 24. The second-order valence-electron chi connectivity index (χ2n) is 22.3. The van der Waals surface area contributed by atoms with Crippen LogP contribution in [0, 0.1) is 0 Å². The maximum absolute atomic E-state index is 12.9. The minimum atomic E-state index is -0.809. The molecule has 6 nitrogen and oxygen atoms in total. The molecule has 0 fully saturated rings. The van der Waals surface area contributed by atoms with E-state index in [1.165, 1.54) is 116 Å². The lowest BCUT2D eigenvalue weighted by Gasteiger charge is -2.18. The van der Waals surface area contributed by atoms with Crippen LogP contribution in [-0.4, -0.2) is 37.2 Å². The van der Waals surface area contributed by atoms with Crippen LogP contribution in [0.5, 0.6) is 0 Å². The molecule has 470 valence electrons. The summed E-state index contributed by atoms with van der Waals surface area (Å²) in [5.74, 6) is -0.941. The van der Waals surface area contributed by atoms with E-state index in [1.807, 2.05) is 0 Å². The Morgan fingerprint density at radius 2 is 0.470 bits per heavy atom. The Hall–Kier alpha value is -4.71. The molecule has 0 aromatic rings. The molecule has 0 spiro atoms. The molecule has 0 saturated carbocycles. The lowest BCUT2D eigenvalue weighted by molar-refractivity contribution is -0.167. The van der Waals surface area contributed by atoms with E-state index in [2.05, 4.69) is 167 Å². The smallest absolute Gasteiger partial charge is 0.306 e. The van der Waals surface area contributed by atoms with Gasteiger partial charge in [-0.05, 0) is 141 Å². The molecule has 1 unspecified atom stereocenters. The third-order valence-electron chi connectivity index (χ3n) is 14.3. The predicted octanol–water partition coefficient (Wildman–Crippen LogP) is 23.9. The van der Waals surface area contributed by atoms with E-state index in [9.17, 15) is 14.4 Å². The molecule has 0 radical (unpaired) electrons. The second-order valence-corrected chi connectivity index (χ2v) is 22.3. The van der Waals surface area contributed by atoms with Crippen LogP contribution in [0.4, 0.5) is 0 Å². The van der Waals surface area contributed by atoms with Crippen molar-refractivity contribution in [2.75, 3.05) is 13.2 Å². The van der Waals surface area contributed by atoms with E-state index in [-0.39, 0.29) is 37.5 Å². The van der Waals surface area contributed by atoms with E-state index in [4.69, 9.17) is 14.2 Å². The first-order chi connectivity index (χ1) is 41.0. The fourth-order valence-corrected chi connectivity index (χ4v) is 9.23. The van der Waals surface area contributed by atoms with Gasteiger partial charge >= 0.3 is 17.9 Å². The van der Waals surface area contributed by atoms with Gasteiger partial charge in [0.05, 0.1) is 0 Å². The molecule has 0 rings (SSSR count). The topological polar surface area (TPSA) is 78.9 Å². The van der Waals surface area contributed by atoms with Crippen LogP contribution in [0.1, 0.15) is 303 Å². The Bertz CT molecular complexity index is 1800. The van der Waals surface area contributed by atoms with Gasteiger partial charge in [0.2, 0.25) is 0 Å². The molecule has 6 heteroatoms. The molecule has 1 atom stereocenters. The van der Waals surface area contributed by atoms with E-state index >= 15 is 0 Å². The van der Waals surface area contributed by atoms with Crippen molar-refractivity contribution >= 4 is 17.9 Å². The molecule has 0 heterocycles. The predicted molar refractivity (Wildman–Crippen MR) is 362 cm³/mol. The van der Waals surface area contributed by atoms with Gasteiger partial charge < -0.3 is 14.2 Å². The monoisotopic (exact) mass is 1150 g/mol. The van der Waals surface area contributed by atoms with E-state index < -0.39 is 6.10 Å². The summed E-state index contributed by atoms with van der Waals surface area (Å²) in [7, 11) is 0. The SMILES string of the molecule is CC/C=C\C/C=C\C/C=C\C/C=C\C/C=C\CCCCCC(=O)OC(COC(=O)CCCCCCCC/C=C\C/C=C\C/C=C\CCCCC)COC(=O)CCCCCCCCCCCCCCCC/C=C\C/C=C\C/C=C\C/C=C\CC. The van der Waals surface area contributed by atoms with Crippen molar-refractivity contribution in [1.82, 2.24) is 0 Å². The Morgan fingerprint density at radius 3 is 0.747 bits per heavy atom. The minimum absolute atomic E-state index is 0.0999. The third-order valence-corrected chi connectivity index (χ3v) is 14.3. The largest absolute Gasteiger partial charge is 0.462 e. The van der Waals surface area contributed by atoms with Crippen molar-refractivity contribution in [3.63, 3.8) is 0 Å². The van der Waals surface area contributed by atoms with Crippen molar-refractivity contribution in [1.29, 1.82) is 0 Å². The fraction of sp³-hybridized carbons (Fsp3) is 0.649. The van der Waals surface area contributed by atoms with E-state index in [0.29, 0.717) is 12.8 Å². The van der Waals surface area contributed by atoms with Gasteiger partial charge in [0, 0.05) is 19.3 Å². The first kappa shape index (κ1) is 78.3. The highest BCUT2D eigenvalue weighted by molar-refractivity contribution is 5.71. The lowest BCUT2D eigenvalue weighted by atomic mass is 10.0. The number of esters is 3. The number of hydrogen-bond donors (Lipinski definition) is 0. The summed E-state index contributed by atoms with van der Waals surface area (Å²) >= 11 is 0. The van der Waals surface area contributed by atoms with Crippen LogP contribution in [0.25, 0.3) is 0 Å². The van der Waals surface area contributed by atoms with Crippen LogP contribution >= 0.6 is 0 Å². The molecule has 0 aromatic carbocycles. The lowest BCUT2D eigenvalue weighted by Crippen LogP contribution is -2.30. The van der Waals surface area contributed by atoms with Gasteiger partial charge in [-0.15, -0.1) is 0 Å². The van der Waals surface area contributed by atoms with Crippen LogP contribution in [0.15, 0.2) is 146 Å². The highest BCUT2D eigenvalue weighted by Crippen LogP contribution is 2.16. The number of unbranched alkanes of at least 4 members (excludes halogenated alkanes) is 26. The molecular formula is C77H126O6. The average Bonchev–Trinajstić information content (AvgIpc) is 3.50. The van der Waals surface area contributed by atoms with E-state index in [1.54, 1.807) is 0 Å². The number of rotatable bonds is 61. The van der Waals surface area contributed by atoms with Crippen molar-refractivity contribution in [2.45, 2.75) is 309 Å². The normalized spacial score (nSPS) is 13.0. The van der Waals surface area contributed by atoms with Crippen LogP contribution in [0.3, 0.4) is 0 Å². The molecule has 0 saturated heterocycles. The Balaban J connectivity index is 4.42. The molecule has 0 aliphatic rings. The average molecular weight is 1150 g/mol. The fourth-order valence-electron chi connectivity index (χ4n) is 9.23. The number of carbonyl (C=O) groups excluding carboxylic acids is 3. The van der Waals surface area contributed by atoms with Gasteiger partial charge in [-0.1, -0.05) is 289 Å². The summed E-state index contributed by atoms with van der Waals surface area (Å²) in [5.41, 5.74) is 0. The van der Waals surface area contributed by atoms with Gasteiger partial charge in [0.15, 0.2) is 6.10 Å². The summed E-state index contributed by atoms with van der Waals surface area (Å²) in [6, 6.07) is 0. The molecule has 0 N–H and O–H groups in total. The zero-order valence-corrected chi connectivity index (χ0v) is 53.9.